The summed E-state index contributed by atoms with van der Waals surface area (Å²) >= 11 is 0. The standard InChI is InChI=1S/C17H16N2O2/c1-3-19-15-7-5-4-6-14(15)16(17(19)20)18-12-8-10-13(21-2)11-9-12/h4-11H,3H2,1-2H3. The van der Waals surface area contributed by atoms with E-state index >= 15 is 0 Å². The number of hydrogen-bond donors (Lipinski definition) is 0. The smallest absolute Gasteiger partial charge is 0.277 e. The third-order valence-corrected chi connectivity index (χ3v) is 3.53. The van der Waals surface area contributed by atoms with Crippen molar-refractivity contribution in [3.63, 3.8) is 0 Å². The quantitative estimate of drug-likeness (QED) is 0.866. The SMILES string of the molecule is CCN1C(=O)C(=Nc2ccc(OC)cc2)c2ccccc21. The highest BCUT2D eigenvalue weighted by Gasteiger charge is 2.32. The van der Waals surface area contributed by atoms with Crippen LogP contribution >= 0.6 is 0 Å². The Balaban J connectivity index is 2.05. The van der Waals surface area contributed by atoms with Crippen molar-refractivity contribution in [2.75, 3.05) is 18.6 Å². The first-order valence-corrected chi connectivity index (χ1v) is 6.88. The number of anilines is 1. The largest absolute Gasteiger partial charge is 0.497 e. The summed E-state index contributed by atoms with van der Waals surface area (Å²) in [4.78, 5) is 18.8. The van der Waals surface area contributed by atoms with E-state index in [1.54, 1.807) is 12.0 Å². The van der Waals surface area contributed by atoms with Crippen LogP contribution in [0.5, 0.6) is 5.75 Å². The van der Waals surface area contributed by atoms with Gasteiger partial charge in [0, 0.05) is 12.1 Å². The first-order chi connectivity index (χ1) is 10.2. The molecular weight excluding hydrogens is 264 g/mol. The molecule has 1 aliphatic rings. The van der Waals surface area contributed by atoms with Crippen molar-refractivity contribution in [3.8, 4) is 5.75 Å². The predicted octanol–water partition coefficient (Wildman–Crippen LogP) is 3.18. The molecule has 0 aromatic heterocycles. The van der Waals surface area contributed by atoms with Crippen molar-refractivity contribution < 1.29 is 9.53 Å². The lowest BCUT2D eigenvalue weighted by atomic mass is 10.1. The van der Waals surface area contributed by atoms with Crippen molar-refractivity contribution in [2.24, 2.45) is 4.99 Å². The number of carbonyl (C=O) groups excluding carboxylic acids is 1. The minimum absolute atomic E-state index is 0.0467. The number of nitrogens with zero attached hydrogens (tertiary/aromatic N) is 2. The van der Waals surface area contributed by atoms with Gasteiger partial charge in [-0.3, -0.25) is 4.79 Å². The Bertz CT molecular complexity index is 705. The van der Waals surface area contributed by atoms with E-state index < -0.39 is 0 Å². The van der Waals surface area contributed by atoms with Gasteiger partial charge in [-0.05, 0) is 37.3 Å². The zero-order chi connectivity index (χ0) is 14.8. The van der Waals surface area contributed by atoms with Crippen LogP contribution < -0.4 is 9.64 Å². The number of likely N-dealkylation sites (N-methyl/N-ethyl adjacent to an activating group) is 1. The second kappa shape index (κ2) is 5.40. The second-order valence-electron chi connectivity index (χ2n) is 4.72. The van der Waals surface area contributed by atoms with Gasteiger partial charge in [0.15, 0.2) is 0 Å². The highest BCUT2D eigenvalue weighted by atomic mass is 16.5. The number of para-hydroxylation sites is 1. The molecule has 0 saturated heterocycles. The number of amides is 1. The average Bonchev–Trinajstić information content (AvgIpc) is 2.80. The molecule has 106 valence electrons. The molecule has 0 unspecified atom stereocenters. The lowest BCUT2D eigenvalue weighted by molar-refractivity contribution is -0.112. The van der Waals surface area contributed by atoms with Gasteiger partial charge in [-0.1, -0.05) is 18.2 Å². The second-order valence-corrected chi connectivity index (χ2v) is 4.72. The number of benzene rings is 2. The summed E-state index contributed by atoms with van der Waals surface area (Å²) in [7, 11) is 1.62. The number of fused-ring (bicyclic) bond motifs is 1. The number of rotatable bonds is 3. The number of ether oxygens (including phenoxy) is 1. The van der Waals surface area contributed by atoms with Crippen molar-refractivity contribution >= 4 is 23.0 Å². The van der Waals surface area contributed by atoms with Gasteiger partial charge in [-0.15, -0.1) is 0 Å². The van der Waals surface area contributed by atoms with E-state index in [0.29, 0.717) is 12.3 Å². The fourth-order valence-corrected chi connectivity index (χ4v) is 2.47. The van der Waals surface area contributed by atoms with Crippen molar-refractivity contribution in [2.45, 2.75) is 6.92 Å². The van der Waals surface area contributed by atoms with Crippen LogP contribution in [0.15, 0.2) is 53.5 Å². The van der Waals surface area contributed by atoms with Crippen LogP contribution in [0.2, 0.25) is 0 Å². The number of methoxy groups -OCH3 is 1. The molecule has 4 heteroatoms. The maximum absolute atomic E-state index is 12.5. The molecule has 0 N–H and O–H groups in total. The molecule has 1 amide bonds. The summed E-state index contributed by atoms with van der Waals surface area (Å²) in [6.45, 7) is 2.60. The summed E-state index contributed by atoms with van der Waals surface area (Å²) in [5.41, 5.74) is 3.06. The molecule has 2 aromatic rings. The summed E-state index contributed by atoms with van der Waals surface area (Å²) in [6.07, 6.45) is 0. The zero-order valence-corrected chi connectivity index (χ0v) is 12.0. The van der Waals surface area contributed by atoms with Crippen LogP contribution in [0.4, 0.5) is 11.4 Å². The maximum atomic E-state index is 12.5. The zero-order valence-electron chi connectivity index (χ0n) is 12.0. The molecule has 21 heavy (non-hydrogen) atoms. The Morgan fingerprint density at radius 1 is 1.10 bits per heavy atom. The molecule has 1 heterocycles. The Labute approximate surface area is 123 Å². The molecule has 4 nitrogen and oxygen atoms in total. The van der Waals surface area contributed by atoms with Crippen molar-refractivity contribution in [1.29, 1.82) is 0 Å². The lowest BCUT2D eigenvalue weighted by Gasteiger charge is -2.12. The Kier molecular flexibility index (Phi) is 3.44. The lowest BCUT2D eigenvalue weighted by Crippen LogP contribution is -2.29. The maximum Gasteiger partial charge on any atom is 0.277 e. The number of hydrogen-bond acceptors (Lipinski definition) is 3. The molecule has 0 saturated carbocycles. The van der Waals surface area contributed by atoms with E-state index in [0.717, 1.165) is 22.7 Å². The molecule has 0 spiro atoms. The third kappa shape index (κ3) is 2.29. The summed E-state index contributed by atoms with van der Waals surface area (Å²) in [6, 6.07) is 15.1. The minimum Gasteiger partial charge on any atom is -0.497 e. The average molecular weight is 280 g/mol. The highest BCUT2D eigenvalue weighted by molar-refractivity contribution is 6.54. The van der Waals surface area contributed by atoms with Gasteiger partial charge in [0.1, 0.15) is 11.5 Å². The van der Waals surface area contributed by atoms with Gasteiger partial charge in [0.05, 0.1) is 18.5 Å². The molecule has 3 rings (SSSR count). The molecule has 0 bridgehead atoms. The van der Waals surface area contributed by atoms with E-state index in [2.05, 4.69) is 4.99 Å². The van der Waals surface area contributed by atoms with Crippen LogP contribution in [0, 0.1) is 0 Å². The van der Waals surface area contributed by atoms with Crippen molar-refractivity contribution in [3.05, 3.63) is 54.1 Å². The Hall–Kier alpha value is -2.62. The first kappa shape index (κ1) is 13.4. The van der Waals surface area contributed by atoms with Gasteiger partial charge in [0.2, 0.25) is 0 Å². The van der Waals surface area contributed by atoms with Crippen LogP contribution in [0.1, 0.15) is 12.5 Å². The van der Waals surface area contributed by atoms with Gasteiger partial charge < -0.3 is 9.64 Å². The van der Waals surface area contributed by atoms with E-state index in [4.69, 9.17) is 4.74 Å². The van der Waals surface area contributed by atoms with E-state index in [9.17, 15) is 4.79 Å². The normalized spacial score (nSPS) is 15.4. The van der Waals surface area contributed by atoms with E-state index in [-0.39, 0.29) is 5.91 Å². The summed E-state index contributed by atoms with van der Waals surface area (Å²) < 4.78 is 5.13. The predicted molar refractivity (Wildman–Crippen MR) is 83.7 cm³/mol. The topological polar surface area (TPSA) is 41.9 Å². The monoisotopic (exact) mass is 280 g/mol. The Morgan fingerprint density at radius 2 is 1.81 bits per heavy atom. The molecule has 0 atom stereocenters. The van der Waals surface area contributed by atoms with E-state index in [1.807, 2.05) is 55.5 Å². The molecule has 2 aromatic carbocycles. The molecule has 1 aliphatic heterocycles. The van der Waals surface area contributed by atoms with Crippen LogP contribution in [-0.4, -0.2) is 25.3 Å². The number of aliphatic imine (C=N–C) groups is 1. The molecule has 0 radical (unpaired) electrons. The van der Waals surface area contributed by atoms with Gasteiger partial charge in [0.25, 0.3) is 5.91 Å². The van der Waals surface area contributed by atoms with Crippen LogP contribution in [0.25, 0.3) is 0 Å². The van der Waals surface area contributed by atoms with Gasteiger partial charge in [-0.2, -0.15) is 0 Å². The summed E-state index contributed by atoms with van der Waals surface area (Å²) in [5.74, 6) is 0.724. The molecular formula is C17H16N2O2. The van der Waals surface area contributed by atoms with Crippen LogP contribution in [-0.2, 0) is 4.79 Å². The minimum atomic E-state index is -0.0467. The number of carbonyl (C=O) groups is 1. The first-order valence-electron chi connectivity index (χ1n) is 6.88. The highest BCUT2D eigenvalue weighted by Crippen LogP contribution is 2.30. The fourth-order valence-electron chi connectivity index (χ4n) is 2.47. The molecule has 0 aliphatic carbocycles. The Morgan fingerprint density at radius 3 is 2.48 bits per heavy atom. The third-order valence-electron chi connectivity index (χ3n) is 3.53. The summed E-state index contributed by atoms with van der Waals surface area (Å²) in [5, 5.41) is 0. The molecule has 0 fully saturated rings. The van der Waals surface area contributed by atoms with Crippen molar-refractivity contribution in [1.82, 2.24) is 0 Å². The van der Waals surface area contributed by atoms with E-state index in [1.165, 1.54) is 0 Å². The van der Waals surface area contributed by atoms with Gasteiger partial charge in [-0.25, -0.2) is 4.99 Å². The van der Waals surface area contributed by atoms with Gasteiger partial charge >= 0.3 is 0 Å². The fraction of sp³-hybridized carbons (Fsp3) is 0.176. The van der Waals surface area contributed by atoms with Crippen LogP contribution in [0.3, 0.4) is 0 Å².